The van der Waals surface area contributed by atoms with Crippen LogP contribution in [0.25, 0.3) is 0 Å². The van der Waals surface area contributed by atoms with Crippen LogP contribution in [-0.4, -0.2) is 53.3 Å². The molecule has 0 unspecified atom stereocenters. The maximum absolute atomic E-state index is 12.3. The Kier molecular flexibility index (Phi) is 7.30. The van der Waals surface area contributed by atoms with Gasteiger partial charge in [0.2, 0.25) is 11.8 Å². The maximum Gasteiger partial charge on any atom is 0.408 e. The lowest BCUT2D eigenvalue weighted by molar-refractivity contribution is -0.121. The van der Waals surface area contributed by atoms with Crippen LogP contribution in [0.4, 0.5) is 10.5 Å². The molecule has 34 heavy (non-hydrogen) atoms. The average molecular weight is 466 g/mol. The summed E-state index contributed by atoms with van der Waals surface area (Å²) in [5.74, 6) is -1.87. The van der Waals surface area contributed by atoms with Gasteiger partial charge in [0.1, 0.15) is 18.7 Å². The van der Waals surface area contributed by atoms with E-state index < -0.39 is 35.3 Å². The van der Waals surface area contributed by atoms with Gasteiger partial charge in [0.05, 0.1) is 11.1 Å². The predicted octanol–water partition coefficient (Wildman–Crippen LogP) is 2.06. The third-order valence-corrected chi connectivity index (χ3v) is 4.70. The van der Waals surface area contributed by atoms with Crippen LogP contribution in [0.15, 0.2) is 48.5 Å². The monoisotopic (exact) mass is 466 g/mol. The van der Waals surface area contributed by atoms with Gasteiger partial charge >= 0.3 is 6.09 Å². The third kappa shape index (κ3) is 6.41. The number of carbonyl (C=O) groups is 5. The van der Waals surface area contributed by atoms with E-state index in [0.29, 0.717) is 16.8 Å². The van der Waals surface area contributed by atoms with Crippen molar-refractivity contribution in [3.05, 3.63) is 65.2 Å². The Bertz CT molecular complexity index is 1090. The van der Waals surface area contributed by atoms with Gasteiger partial charge in [-0.3, -0.25) is 24.1 Å². The predicted molar refractivity (Wildman–Crippen MR) is 123 cm³/mol. The van der Waals surface area contributed by atoms with Crippen molar-refractivity contribution in [2.75, 3.05) is 18.4 Å². The van der Waals surface area contributed by atoms with E-state index in [1.807, 2.05) is 0 Å². The summed E-state index contributed by atoms with van der Waals surface area (Å²) in [4.78, 5) is 61.5. The number of alkyl carbamates (subject to hydrolysis) is 1. The normalized spacial score (nSPS) is 12.7. The fraction of sp³-hybridized carbons (Fsp3) is 0.292. The number of fused-ring (bicyclic) bond motifs is 1. The van der Waals surface area contributed by atoms with Crippen LogP contribution in [0.1, 0.15) is 47.1 Å². The standard InChI is InChI=1S/C24H26N4O6/c1-24(2,3)34-23(33)26-13-19(29)27-16-10-8-15(9-11-16)12-25-20(30)14-28-21(31)17-6-4-5-7-18(17)22(28)32/h4-11H,12-14H2,1-3H3,(H,25,30)(H,26,33)(H,27,29). The molecule has 2 aromatic rings. The molecule has 1 aliphatic rings. The molecule has 0 saturated carbocycles. The lowest BCUT2D eigenvalue weighted by atomic mass is 10.1. The summed E-state index contributed by atoms with van der Waals surface area (Å²) in [5.41, 5.74) is 1.19. The van der Waals surface area contributed by atoms with Crippen LogP contribution in [0, 0.1) is 0 Å². The minimum Gasteiger partial charge on any atom is -0.444 e. The van der Waals surface area contributed by atoms with E-state index in [1.54, 1.807) is 69.3 Å². The molecule has 10 heteroatoms. The molecule has 1 aliphatic heterocycles. The number of nitrogens with zero attached hydrogens (tertiary/aromatic N) is 1. The molecule has 0 spiro atoms. The summed E-state index contributed by atoms with van der Waals surface area (Å²) in [6.07, 6.45) is -0.685. The van der Waals surface area contributed by atoms with Crippen molar-refractivity contribution in [2.24, 2.45) is 0 Å². The first kappa shape index (κ1) is 24.4. The number of benzene rings is 2. The fourth-order valence-corrected chi connectivity index (χ4v) is 3.16. The Morgan fingerprint density at radius 1 is 0.853 bits per heavy atom. The van der Waals surface area contributed by atoms with E-state index in [4.69, 9.17) is 4.74 Å². The largest absolute Gasteiger partial charge is 0.444 e. The SMILES string of the molecule is CC(C)(C)OC(=O)NCC(=O)Nc1ccc(CNC(=O)CN2C(=O)c3ccccc3C2=O)cc1. The van der Waals surface area contributed by atoms with E-state index in [1.165, 1.54) is 0 Å². The molecule has 10 nitrogen and oxygen atoms in total. The first-order chi connectivity index (χ1) is 16.0. The molecule has 0 atom stereocenters. The minimum absolute atomic E-state index is 0.177. The molecule has 5 amide bonds. The van der Waals surface area contributed by atoms with Crippen LogP contribution < -0.4 is 16.0 Å². The summed E-state index contributed by atoms with van der Waals surface area (Å²) in [6, 6.07) is 13.2. The molecular formula is C24H26N4O6. The smallest absolute Gasteiger partial charge is 0.408 e. The second-order valence-corrected chi connectivity index (χ2v) is 8.62. The lowest BCUT2D eigenvalue weighted by Crippen LogP contribution is -2.40. The zero-order chi connectivity index (χ0) is 24.9. The van der Waals surface area contributed by atoms with Crippen molar-refractivity contribution in [3.8, 4) is 0 Å². The number of anilines is 1. The summed E-state index contributed by atoms with van der Waals surface area (Å²) in [7, 11) is 0. The molecule has 1 heterocycles. The van der Waals surface area contributed by atoms with Gasteiger partial charge in [0.15, 0.2) is 0 Å². The number of hydrogen-bond acceptors (Lipinski definition) is 6. The Balaban J connectivity index is 1.43. The molecule has 178 valence electrons. The Morgan fingerprint density at radius 2 is 1.44 bits per heavy atom. The quantitative estimate of drug-likeness (QED) is 0.535. The van der Waals surface area contributed by atoms with E-state index in [-0.39, 0.29) is 19.6 Å². The van der Waals surface area contributed by atoms with Crippen molar-refractivity contribution in [1.82, 2.24) is 15.5 Å². The number of hydrogen-bond donors (Lipinski definition) is 3. The molecule has 0 aliphatic carbocycles. The van der Waals surface area contributed by atoms with Gasteiger partial charge < -0.3 is 20.7 Å². The van der Waals surface area contributed by atoms with Crippen molar-refractivity contribution in [2.45, 2.75) is 32.9 Å². The van der Waals surface area contributed by atoms with E-state index in [9.17, 15) is 24.0 Å². The number of carbonyl (C=O) groups excluding carboxylic acids is 5. The van der Waals surface area contributed by atoms with Gasteiger partial charge in [-0.2, -0.15) is 0 Å². The average Bonchev–Trinajstić information content (AvgIpc) is 3.01. The zero-order valence-corrected chi connectivity index (χ0v) is 19.1. The number of imide groups is 1. The van der Waals surface area contributed by atoms with Crippen molar-refractivity contribution in [3.63, 3.8) is 0 Å². The molecule has 0 radical (unpaired) electrons. The number of ether oxygens (including phenoxy) is 1. The molecule has 0 fully saturated rings. The number of amides is 5. The molecule has 0 saturated heterocycles. The van der Waals surface area contributed by atoms with Gasteiger partial charge in [-0.1, -0.05) is 24.3 Å². The molecule has 0 bridgehead atoms. The van der Waals surface area contributed by atoms with Gasteiger partial charge in [-0.25, -0.2) is 4.79 Å². The number of nitrogens with one attached hydrogen (secondary N) is 3. The van der Waals surface area contributed by atoms with Crippen molar-refractivity contribution >= 4 is 35.4 Å². The van der Waals surface area contributed by atoms with E-state index in [2.05, 4.69) is 16.0 Å². The Morgan fingerprint density at radius 3 is 2.00 bits per heavy atom. The molecule has 2 aromatic carbocycles. The zero-order valence-electron chi connectivity index (χ0n) is 19.1. The molecule has 3 N–H and O–H groups in total. The minimum atomic E-state index is -0.685. The lowest BCUT2D eigenvalue weighted by Gasteiger charge is -2.19. The summed E-state index contributed by atoms with van der Waals surface area (Å²) in [6.45, 7) is 4.73. The fourth-order valence-electron chi connectivity index (χ4n) is 3.16. The van der Waals surface area contributed by atoms with Crippen LogP contribution in [0.5, 0.6) is 0 Å². The van der Waals surface area contributed by atoms with Gasteiger partial charge in [0.25, 0.3) is 11.8 Å². The van der Waals surface area contributed by atoms with E-state index >= 15 is 0 Å². The summed E-state index contributed by atoms with van der Waals surface area (Å²) >= 11 is 0. The second kappa shape index (κ2) is 10.2. The second-order valence-electron chi connectivity index (χ2n) is 8.62. The highest BCUT2D eigenvalue weighted by atomic mass is 16.6. The van der Waals surface area contributed by atoms with Gasteiger partial charge in [-0.05, 0) is 50.6 Å². The Labute approximate surface area is 196 Å². The van der Waals surface area contributed by atoms with Crippen molar-refractivity contribution in [1.29, 1.82) is 0 Å². The third-order valence-electron chi connectivity index (χ3n) is 4.70. The van der Waals surface area contributed by atoms with Crippen LogP contribution in [-0.2, 0) is 20.9 Å². The highest BCUT2D eigenvalue weighted by Gasteiger charge is 2.36. The first-order valence-electron chi connectivity index (χ1n) is 10.6. The van der Waals surface area contributed by atoms with Gasteiger partial charge in [0, 0.05) is 12.2 Å². The molecular weight excluding hydrogens is 440 g/mol. The topological polar surface area (TPSA) is 134 Å². The van der Waals surface area contributed by atoms with Gasteiger partial charge in [-0.15, -0.1) is 0 Å². The summed E-state index contributed by atoms with van der Waals surface area (Å²) in [5, 5.41) is 7.68. The highest BCUT2D eigenvalue weighted by Crippen LogP contribution is 2.22. The summed E-state index contributed by atoms with van der Waals surface area (Å²) < 4.78 is 5.07. The molecule has 3 rings (SSSR count). The maximum atomic E-state index is 12.3. The van der Waals surface area contributed by atoms with Crippen LogP contribution in [0.2, 0.25) is 0 Å². The van der Waals surface area contributed by atoms with Crippen LogP contribution >= 0.6 is 0 Å². The van der Waals surface area contributed by atoms with Crippen LogP contribution in [0.3, 0.4) is 0 Å². The van der Waals surface area contributed by atoms with Crippen molar-refractivity contribution < 1.29 is 28.7 Å². The highest BCUT2D eigenvalue weighted by molar-refractivity contribution is 6.22. The van der Waals surface area contributed by atoms with E-state index in [0.717, 1.165) is 10.5 Å². The molecule has 0 aromatic heterocycles. The first-order valence-corrected chi connectivity index (χ1v) is 10.6. The number of rotatable bonds is 7. The Hall–Kier alpha value is -4.21.